The van der Waals surface area contributed by atoms with Gasteiger partial charge in [0.05, 0.1) is 5.52 Å². The van der Waals surface area contributed by atoms with Gasteiger partial charge in [0.2, 0.25) is 0 Å². The van der Waals surface area contributed by atoms with Crippen molar-refractivity contribution in [1.29, 1.82) is 5.41 Å². The second-order valence-corrected chi connectivity index (χ2v) is 4.27. The van der Waals surface area contributed by atoms with Gasteiger partial charge in [0.25, 0.3) is 5.71 Å². The molecule has 3 aromatic heterocycles. The number of aromatic amines is 1. The smallest absolute Gasteiger partial charge is 0.251 e. The second kappa shape index (κ2) is 3.70. The zero-order chi connectivity index (χ0) is 13.7. The fourth-order valence-corrected chi connectivity index (χ4v) is 2.17. The van der Waals surface area contributed by atoms with Crippen molar-refractivity contribution in [3.63, 3.8) is 0 Å². The normalized spacial score (nSPS) is 11.4. The number of nitrogens with zero attached hydrogens (tertiary/aromatic N) is 3. The maximum absolute atomic E-state index is 12.0. The minimum atomic E-state index is -0.158. The lowest BCUT2D eigenvalue weighted by atomic mass is 10.2. The van der Waals surface area contributed by atoms with Gasteiger partial charge in [-0.05, 0) is 12.1 Å². The summed E-state index contributed by atoms with van der Waals surface area (Å²) in [6.07, 6.45) is 2.93. The van der Waals surface area contributed by atoms with Crippen LogP contribution in [0.5, 0.6) is 0 Å². The third-order valence-electron chi connectivity index (χ3n) is 3.07. The summed E-state index contributed by atoms with van der Waals surface area (Å²) < 4.78 is 5.56. The summed E-state index contributed by atoms with van der Waals surface area (Å²) in [6, 6.07) is 4.83. The monoisotopic (exact) mass is 265 g/mol. The lowest BCUT2D eigenvalue weighted by Crippen LogP contribution is -2.09. The highest BCUT2D eigenvalue weighted by atomic mass is 16.3. The first-order valence-corrected chi connectivity index (χ1v) is 5.84. The van der Waals surface area contributed by atoms with E-state index < -0.39 is 0 Å². The molecule has 96 valence electrons. The molecule has 0 fully saturated rings. The van der Waals surface area contributed by atoms with Crippen LogP contribution in [0.4, 0.5) is 0 Å². The minimum absolute atomic E-state index is 0.0177. The van der Waals surface area contributed by atoms with Gasteiger partial charge < -0.3 is 9.40 Å². The first kappa shape index (κ1) is 10.8. The number of H-pyrrole nitrogens is 1. The fraction of sp³-hybridized carbons (Fsp3) is 0. The van der Waals surface area contributed by atoms with E-state index in [0.29, 0.717) is 22.0 Å². The molecule has 0 radical (unpaired) electrons. The Kier molecular flexibility index (Phi) is 2.00. The van der Waals surface area contributed by atoms with Crippen LogP contribution >= 0.6 is 0 Å². The van der Waals surface area contributed by atoms with Crippen molar-refractivity contribution >= 4 is 33.2 Å². The van der Waals surface area contributed by atoms with Crippen LogP contribution in [0.3, 0.4) is 0 Å². The van der Waals surface area contributed by atoms with E-state index in [2.05, 4.69) is 19.9 Å². The summed E-state index contributed by atoms with van der Waals surface area (Å²) in [7, 11) is 0. The predicted molar refractivity (Wildman–Crippen MR) is 71.1 cm³/mol. The Bertz CT molecular complexity index is 1100. The summed E-state index contributed by atoms with van der Waals surface area (Å²) in [5, 5.41) is 8.26. The van der Waals surface area contributed by atoms with Crippen LogP contribution in [0.2, 0.25) is 0 Å². The molecule has 0 unspecified atom stereocenters. The van der Waals surface area contributed by atoms with Crippen molar-refractivity contribution in [2.45, 2.75) is 0 Å². The number of nitrogens with one attached hydrogen (secondary N) is 2. The van der Waals surface area contributed by atoms with Crippen molar-refractivity contribution in [2.24, 2.45) is 0 Å². The summed E-state index contributed by atoms with van der Waals surface area (Å²) in [4.78, 5) is 27.1. The Balaban J connectivity index is 2.36. The number of pyridine rings is 1. The number of rotatable bonds is 0. The topological polar surface area (TPSA) is 109 Å². The SMILES string of the molecule is N=c1ncnc2oc3cc(=O)c4ccc[nH]c4c3nc12. The largest absolute Gasteiger partial charge is 0.434 e. The van der Waals surface area contributed by atoms with Crippen molar-refractivity contribution < 1.29 is 4.42 Å². The lowest BCUT2D eigenvalue weighted by Gasteiger charge is -2.03. The lowest BCUT2D eigenvalue weighted by molar-refractivity contribution is 0.638. The van der Waals surface area contributed by atoms with E-state index in [1.165, 1.54) is 12.4 Å². The maximum atomic E-state index is 12.0. The van der Waals surface area contributed by atoms with E-state index in [4.69, 9.17) is 9.83 Å². The molecule has 1 aromatic carbocycles. The van der Waals surface area contributed by atoms with Crippen LogP contribution in [0, 0.1) is 5.41 Å². The minimum Gasteiger partial charge on any atom is -0.434 e. The molecule has 0 aliphatic heterocycles. The Morgan fingerprint density at radius 1 is 1.25 bits per heavy atom. The van der Waals surface area contributed by atoms with Gasteiger partial charge in [-0.3, -0.25) is 10.2 Å². The molecular formula is C13H7N5O2. The molecule has 4 aromatic rings. The highest BCUT2D eigenvalue weighted by Gasteiger charge is 2.11. The summed E-state index contributed by atoms with van der Waals surface area (Å²) in [5.41, 5.74) is 1.66. The fourth-order valence-electron chi connectivity index (χ4n) is 2.17. The third-order valence-corrected chi connectivity index (χ3v) is 3.07. The van der Waals surface area contributed by atoms with Gasteiger partial charge in [0, 0.05) is 17.6 Å². The average Bonchev–Trinajstić information content (AvgIpc) is 2.47. The number of aromatic nitrogens is 4. The van der Waals surface area contributed by atoms with E-state index in [1.54, 1.807) is 18.3 Å². The highest BCUT2D eigenvalue weighted by molar-refractivity contribution is 6.01. The van der Waals surface area contributed by atoms with Gasteiger partial charge in [0.1, 0.15) is 11.8 Å². The molecule has 3 heterocycles. The van der Waals surface area contributed by atoms with Crippen LogP contribution in [-0.2, 0) is 0 Å². The van der Waals surface area contributed by atoms with Crippen molar-refractivity contribution in [3.8, 4) is 0 Å². The maximum Gasteiger partial charge on any atom is 0.251 e. The zero-order valence-electron chi connectivity index (χ0n) is 10.0. The van der Waals surface area contributed by atoms with Gasteiger partial charge in [-0.15, -0.1) is 0 Å². The van der Waals surface area contributed by atoms with Crippen molar-refractivity contribution in [3.05, 3.63) is 46.4 Å². The van der Waals surface area contributed by atoms with Crippen molar-refractivity contribution in [2.75, 3.05) is 0 Å². The number of hydrogen-bond donors (Lipinski definition) is 2. The van der Waals surface area contributed by atoms with Gasteiger partial charge >= 0.3 is 0 Å². The molecule has 7 nitrogen and oxygen atoms in total. The van der Waals surface area contributed by atoms with Crippen LogP contribution in [0.25, 0.3) is 33.2 Å². The molecule has 0 aliphatic carbocycles. The molecule has 0 amide bonds. The highest BCUT2D eigenvalue weighted by Crippen LogP contribution is 2.20. The number of hydrogen-bond acceptors (Lipinski definition) is 6. The number of benzene rings is 1. The summed E-state index contributed by atoms with van der Waals surface area (Å²) in [6.45, 7) is 0. The van der Waals surface area contributed by atoms with E-state index in [1.807, 2.05) is 0 Å². The van der Waals surface area contributed by atoms with E-state index in [-0.39, 0.29) is 22.1 Å². The Morgan fingerprint density at radius 2 is 2.15 bits per heavy atom. The molecule has 0 aliphatic rings. The second-order valence-electron chi connectivity index (χ2n) is 4.27. The first-order valence-electron chi connectivity index (χ1n) is 5.84. The molecule has 0 atom stereocenters. The van der Waals surface area contributed by atoms with Crippen molar-refractivity contribution in [1.82, 2.24) is 19.9 Å². The molecule has 7 heteroatoms. The molecular weight excluding hydrogens is 258 g/mol. The molecule has 20 heavy (non-hydrogen) atoms. The van der Waals surface area contributed by atoms with Crippen LogP contribution in [-0.4, -0.2) is 19.9 Å². The standard InChI is InChI=1S/C13H7N5O2/c14-12-11-13(17-5-16-12)20-8-4-7(19)6-2-1-3-15-9(6)10(8)18-11/h1-5,14-15H. The summed E-state index contributed by atoms with van der Waals surface area (Å²) in [5.74, 6) is 0. The zero-order valence-corrected chi connectivity index (χ0v) is 10.0. The molecule has 0 spiro atoms. The van der Waals surface area contributed by atoms with Crippen LogP contribution < -0.4 is 10.9 Å². The first-order chi connectivity index (χ1) is 9.74. The van der Waals surface area contributed by atoms with Crippen LogP contribution in [0.15, 0.2) is 39.9 Å². The predicted octanol–water partition coefficient (Wildman–Crippen LogP) is 1.09. The molecule has 0 saturated carbocycles. The molecule has 4 rings (SSSR count). The van der Waals surface area contributed by atoms with Gasteiger partial charge in [0.15, 0.2) is 22.0 Å². The Labute approximate surface area is 110 Å². The van der Waals surface area contributed by atoms with E-state index in [9.17, 15) is 4.79 Å². The van der Waals surface area contributed by atoms with E-state index >= 15 is 0 Å². The van der Waals surface area contributed by atoms with Crippen LogP contribution in [0.1, 0.15) is 0 Å². The van der Waals surface area contributed by atoms with Gasteiger partial charge in [-0.1, -0.05) is 0 Å². The molecule has 0 saturated heterocycles. The van der Waals surface area contributed by atoms with Gasteiger partial charge in [-0.25, -0.2) is 9.97 Å². The third kappa shape index (κ3) is 1.37. The quantitative estimate of drug-likeness (QED) is 0.365. The van der Waals surface area contributed by atoms with E-state index in [0.717, 1.165) is 0 Å². The Hall–Kier alpha value is -3.09. The molecule has 0 bridgehead atoms. The average molecular weight is 265 g/mol. The Morgan fingerprint density at radius 3 is 3.05 bits per heavy atom. The molecule has 2 N–H and O–H groups in total. The van der Waals surface area contributed by atoms with Gasteiger partial charge in [-0.2, -0.15) is 4.98 Å². The summed E-state index contributed by atoms with van der Waals surface area (Å²) >= 11 is 0. The number of fused-ring (bicyclic) bond motifs is 4.